The van der Waals surface area contributed by atoms with Gasteiger partial charge in [0.05, 0.1) is 12.5 Å². The molecule has 2 rings (SSSR count). The molecule has 0 heterocycles. The van der Waals surface area contributed by atoms with Crippen LogP contribution in [-0.4, -0.2) is 12.6 Å². The predicted octanol–water partition coefficient (Wildman–Crippen LogP) is 3.01. The first kappa shape index (κ1) is 10.5. The third kappa shape index (κ3) is 2.32. The van der Waals surface area contributed by atoms with Crippen molar-refractivity contribution in [3.05, 3.63) is 34.9 Å². The number of benzene rings is 1. The van der Waals surface area contributed by atoms with E-state index in [1.165, 1.54) is 0 Å². The minimum absolute atomic E-state index is 0.0448. The van der Waals surface area contributed by atoms with E-state index in [2.05, 4.69) is 0 Å². The molecule has 0 radical (unpaired) electrons. The van der Waals surface area contributed by atoms with Crippen molar-refractivity contribution in [3.63, 3.8) is 0 Å². The average molecular weight is 225 g/mol. The van der Waals surface area contributed by atoms with Crippen LogP contribution >= 0.6 is 11.6 Å². The monoisotopic (exact) mass is 224 g/mol. The van der Waals surface area contributed by atoms with E-state index in [0.29, 0.717) is 12.5 Å². The number of hydrogen-bond acceptors (Lipinski definition) is 2. The van der Waals surface area contributed by atoms with Crippen molar-refractivity contribution >= 4 is 17.6 Å². The average Bonchev–Trinajstić information content (AvgIpc) is 2.97. The lowest BCUT2D eigenvalue weighted by Gasteiger charge is -2.01. The summed E-state index contributed by atoms with van der Waals surface area (Å²) in [5.74, 6) is 0.272. The zero-order valence-electron chi connectivity index (χ0n) is 8.57. The summed E-state index contributed by atoms with van der Waals surface area (Å²) in [6, 6.07) is 7.69. The fourth-order valence-electron chi connectivity index (χ4n) is 1.81. The molecular formula is C12H13ClO2. The summed E-state index contributed by atoms with van der Waals surface area (Å²) >= 11 is 5.89. The molecule has 2 nitrogen and oxygen atoms in total. The molecule has 1 aromatic carbocycles. The molecule has 0 aromatic heterocycles. The fraction of sp³-hybridized carbons (Fsp3) is 0.417. The molecule has 0 unspecified atom stereocenters. The smallest absolute Gasteiger partial charge is 0.309 e. The quantitative estimate of drug-likeness (QED) is 0.738. The highest BCUT2D eigenvalue weighted by Crippen LogP contribution is 2.48. The zero-order valence-corrected chi connectivity index (χ0v) is 9.33. The van der Waals surface area contributed by atoms with Gasteiger partial charge in [0.25, 0.3) is 0 Å². The molecule has 0 amide bonds. The Kier molecular flexibility index (Phi) is 2.96. The highest BCUT2D eigenvalue weighted by atomic mass is 35.5. The normalized spacial score (nSPS) is 23.6. The van der Waals surface area contributed by atoms with Gasteiger partial charge in [0, 0.05) is 5.02 Å². The van der Waals surface area contributed by atoms with Gasteiger partial charge >= 0.3 is 5.97 Å². The maximum atomic E-state index is 11.4. The predicted molar refractivity (Wildman–Crippen MR) is 58.9 cm³/mol. The van der Waals surface area contributed by atoms with Crippen molar-refractivity contribution in [2.24, 2.45) is 5.92 Å². The molecule has 3 heteroatoms. The van der Waals surface area contributed by atoms with Gasteiger partial charge in [-0.05, 0) is 37.0 Å². The Balaban J connectivity index is 2.01. The molecular weight excluding hydrogens is 212 g/mol. The van der Waals surface area contributed by atoms with E-state index in [9.17, 15) is 4.79 Å². The standard InChI is InChI=1S/C12H13ClO2/c1-2-15-12(14)11-7-10(11)8-4-3-5-9(13)6-8/h3-6,10-11H,2,7H2,1H3/t10-,11+/m0/s1. The first-order valence-corrected chi connectivity index (χ1v) is 5.52. The van der Waals surface area contributed by atoms with Crippen LogP contribution in [0, 0.1) is 5.92 Å². The number of carbonyl (C=O) groups is 1. The van der Waals surface area contributed by atoms with Crippen molar-refractivity contribution in [3.8, 4) is 0 Å². The summed E-state index contributed by atoms with van der Waals surface area (Å²) in [6.07, 6.45) is 0.888. The van der Waals surface area contributed by atoms with E-state index < -0.39 is 0 Å². The molecule has 1 saturated carbocycles. The van der Waals surface area contributed by atoms with Gasteiger partial charge < -0.3 is 4.74 Å². The molecule has 0 spiro atoms. The maximum absolute atomic E-state index is 11.4. The molecule has 1 aromatic rings. The lowest BCUT2D eigenvalue weighted by molar-refractivity contribution is -0.144. The zero-order chi connectivity index (χ0) is 10.8. The number of hydrogen-bond donors (Lipinski definition) is 0. The third-order valence-electron chi connectivity index (χ3n) is 2.66. The summed E-state index contributed by atoms with van der Waals surface area (Å²) in [4.78, 5) is 11.4. The second kappa shape index (κ2) is 4.23. The van der Waals surface area contributed by atoms with Crippen LogP contribution in [0.3, 0.4) is 0 Å². The third-order valence-corrected chi connectivity index (χ3v) is 2.89. The van der Waals surface area contributed by atoms with E-state index in [1.54, 1.807) is 0 Å². The molecule has 0 aliphatic heterocycles. The SMILES string of the molecule is CCOC(=O)[C@@H]1C[C@H]1c1cccc(Cl)c1. The molecule has 1 fully saturated rings. The molecule has 0 N–H and O–H groups in total. The van der Waals surface area contributed by atoms with Gasteiger partial charge in [-0.1, -0.05) is 23.7 Å². The largest absolute Gasteiger partial charge is 0.466 e. The van der Waals surface area contributed by atoms with Gasteiger partial charge in [-0.2, -0.15) is 0 Å². The minimum Gasteiger partial charge on any atom is -0.466 e. The summed E-state index contributed by atoms with van der Waals surface area (Å²) < 4.78 is 4.98. The number of esters is 1. The first-order valence-electron chi connectivity index (χ1n) is 5.14. The Labute approximate surface area is 94.2 Å². The van der Waals surface area contributed by atoms with Crippen molar-refractivity contribution in [1.29, 1.82) is 0 Å². The molecule has 15 heavy (non-hydrogen) atoms. The lowest BCUT2D eigenvalue weighted by atomic mass is 10.1. The molecule has 0 bridgehead atoms. The summed E-state index contributed by atoms with van der Waals surface area (Å²) in [5.41, 5.74) is 1.14. The fourth-order valence-corrected chi connectivity index (χ4v) is 2.01. The number of carbonyl (C=O) groups excluding carboxylic acids is 1. The van der Waals surface area contributed by atoms with Crippen molar-refractivity contribution in [1.82, 2.24) is 0 Å². The van der Waals surface area contributed by atoms with Crippen LogP contribution in [-0.2, 0) is 9.53 Å². The van der Waals surface area contributed by atoms with Crippen LogP contribution in [0.25, 0.3) is 0 Å². The molecule has 1 aliphatic rings. The molecule has 2 atom stereocenters. The highest BCUT2D eigenvalue weighted by molar-refractivity contribution is 6.30. The van der Waals surface area contributed by atoms with Crippen LogP contribution < -0.4 is 0 Å². The van der Waals surface area contributed by atoms with Crippen LogP contribution in [0.2, 0.25) is 5.02 Å². The Hall–Kier alpha value is -1.02. The molecule has 80 valence electrons. The topological polar surface area (TPSA) is 26.3 Å². The van der Waals surface area contributed by atoms with Crippen molar-refractivity contribution < 1.29 is 9.53 Å². The van der Waals surface area contributed by atoms with Crippen LogP contribution in [0.1, 0.15) is 24.8 Å². The van der Waals surface area contributed by atoms with Crippen molar-refractivity contribution in [2.75, 3.05) is 6.61 Å². The van der Waals surface area contributed by atoms with Crippen molar-refractivity contribution in [2.45, 2.75) is 19.3 Å². The van der Waals surface area contributed by atoms with Crippen LogP contribution in [0.15, 0.2) is 24.3 Å². The van der Waals surface area contributed by atoms with E-state index in [1.807, 2.05) is 31.2 Å². The van der Waals surface area contributed by atoms with Gasteiger partial charge in [-0.3, -0.25) is 4.79 Å². The second-order valence-corrected chi connectivity index (χ2v) is 4.19. The maximum Gasteiger partial charge on any atom is 0.309 e. The van der Waals surface area contributed by atoms with Gasteiger partial charge in [-0.25, -0.2) is 0 Å². The van der Waals surface area contributed by atoms with Gasteiger partial charge in [-0.15, -0.1) is 0 Å². The summed E-state index contributed by atoms with van der Waals surface area (Å²) in [6.45, 7) is 2.28. The second-order valence-electron chi connectivity index (χ2n) is 3.76. The van der Waals surface area contributed by atoms with E-state index in [0.717, 1.165) is 17.0 Å². The number of halogens is 1. The number of ether oxygens (including phenoxy) is 1. The Morgan fingerprint density at radius 3 is 3.07 bits per heavy atom. The van der Waals surface area contributed by atoms with Gasteiger partial charge in [0.1, 0.15) is 0 Å². The number of rotatable bonds is 3. The lowest BCUT2D eigenvalue weighted by Crippen LogP contribution is -2.07. The van der Waals surface area contributed by atoms with E-state index in [4.69, 9.17) is 16.3 Å². The summed E-state index contributed by atoms with van der Waals surface area (Å²) in [5, 5.41) is 0.724. The van der Waals surface area contributed by atoms with E-state index >= 15 is 0 Å². The van der Waals surface area contributed by atoms with E-state index in [-0.39, 0.29) is 11.9 Å². The molecule has 0 saturated heterocycles. The van der Waals surface area contributed by atoms with Gasteiger partial charge in [0.2, 0.25) is 0 Å². The Morgan fingerprint density at radius 1 is 1.60 bits per heavy atom. The molecule has 1 aliphatic carbocycles. The van der Waals surface area contributed by atoms with Gasteiger partial charge in [0.15, 0.2) is 0 Å². The van der Waals surface area contributed by atoms with Crippen LogP contribution in [0.5, 0.6) is 0 Å². The van der Waals surface area contributed by atoms with Crippen LogP contribution in [0.4, 0.5) is 0 Å². The Morgan fingerprint density at radius 2 is 2.40 bits per heavy atom. The summed E-state index contributed by atoms with van der Waals surface area (Å²) in [7, 11) is 0. The minimum atomic E-state index is -0.0810. The first-order chi connectivity index (χ1) is 7.22. The Bertz CT molecular complexity index is 376. The highest BCUT2D eigenvalue weighted by Gasteiger charge is 2.45.